The highest BCUT2D eigenvalue weighted by Gasteiger charge is 2.20. The molecule has 0 aliphatic heterocycles. The average Bonchev–Trinajstić information content (AvgIpc) is 2.82. The predicted octanol–water partition coefficient (Wildman–Crippen LogP) is 4.41. The molecule has 9 heteroatoms. The zero-order chi connectivity index (χ0) is 25.6. The molecule has 9 nitrogen and oxygen atoms in total. The maximum Gasteiger partial charge on any atom is 0.270 e. The number of unbranched alkanes of at least 4 members (excludes halogenated alkanes) is 1. The van der Waals surface area contributed by atoms with Crippen LogP contribution in [-0.4, -0.2) is 56.2 Å². The minimum absolute atomic E-state index is 0.122. The van der Waals surface area contributed by atoms with Crippen molar-refractivity contribution in [3.05, 3.63) is 42.0 Å². The molecule has 0 aliphatic rings. The Balaban J connectivity index is 1.93. The number of pyridine rings is 2. The van der Waals surface area contributed by atoms with Gasteiger partial charge in [0.25, 0.3) is 5.91 Å². The van der Waals surface area contributed by atoms with E-state index in [1.807, 2.05) is 12.1 Å². The predicted molar refractivity (Wildman–Crippen MR) is 140 cm³/mol. The topological polar surface area (TPSA) is 116 Å². The lowest BCUT2D eigenvalue weighted by Gasteiger charge is -2.21. The summed E-state index contributed by atoms with van der Waals surface area (Å²) in [6.07, 6.45) is 7.34. The molecular formula is C26H37N7O2. The molecule has 3 heterocycles. The van der Waals surface area contributed by atoms with Crippen LogP contribution in [0.3, 0.4) is 0 Å². The SMILES string of the molecule is CCCCN(CC)c1nccc(Nc2cc3c(C(C)C)cnc(C(=O)NCC(C)(C)O)c3cn2)n1. The first-order valence-corrected chi connectivity index (χ1v) is 12.3. The van der Waals surface area contributed by atoms with Gasteiger partial charge in [-0.3, -0.25) is 9.78 Å². The van der Waals surface area contributed by atoms with Gasteiger partial charge in [0.05, 0.1) is 5.60 Å². The van der Waals surface area contributed by atoms with Gasteiger partial charge in [0.2, 0.25) is 5.95 Å². The number of hydrogen-bond acceptors (Lipinski definition) is 8. The Kier molecular flexibility index (Phi) is 8.56. The van der Waals surface area contributed by atoms with E-state index >= 15 is 0 Å². The molecule has 0 spiro atoms. The molecule has 0 atom stereocenters. The van der Waals surface area contributed by atoms with Crippen LogP contribution in [0.4, 0.5) is 17.6 Å². The van der Waals surface area contributed by atoms with Gasteiger partial charge >= 0.3 is 0 Å². The number of anilines is 3. The number of nitrogens with one attached hydrogen (secondary N) is 2. The Bertz CT molecular complexity index is 1160. The van der Waals surface area contributed by atoms with Gasteiger partial charge in [-0.2, -0.15) is 4.98 Å². The summed E-state index contributed by atoms with van der Waals surface area (Å²) in [5.74, 6) is 1.82. The van der Waals surface area contributed by atoms with Crippen molar-refractivity contribution in [2.45, 2.75) is 65.9 Å². The molecule has 188 valence electrons. The number of carbonyl (C=O) groups excluding carboxylic acids is 1. The molecule has 3 N–H and O–H groups in total. The largest absolute Gasteiger partial charge is 0.389 e. The molecule has 3 aromatic rings. The van der Waals surface area contributed by atoms with Gasteiger partial charge in [0.15, 0.2) is 0 Å². The first kappa shape index (κ1) is 26.3. The summed E-state index contributed by atoms with van der Waals surface area (Å²) in [5, 5.41) is 17.6. The van der Waals surface area contributed by atoms with E-state index in [4.69, 9.17) is 0 Å². The Morgan fingerprint density at radius 3 is 2.54 bits per heavy atom. The van der Waals surface area contributed by atoms with Crippen LogP contribution < -0.4 is 15.5 Å². The molecule has 0 bridgehead atoms. The van der Waals surface area contributed by atoms with Crippen molar-refractivity contribution in [2.24, 2.45) is 0 Å². The summed E-state index contributed by atoms with van der Waals surface area (Å²) in [4.78, 5) is 33.1. The molecule has 3 aromatic heterocycles. The van der Waals surface area contributed by atoms with Gasteiger partial charge < -0.3 is 20.6 Å². The number of carbonyl (C=O) groups is 1. The van der Waals surface area contributed by atoms with Crippen LogP contribution in [0.1, 0.15) is 76.4 Å². The van der Waals surface area contributed by atoms with E-state index in [-0.39, 0.29) is 24.1 Å². The van der Waals surface area contributed by atoms with E-state index in [9.17, 15) is 9.90 Å². The van der Waals surface area contributed by atoms with Crippen LogP contribution in [0.25, 0.3) is 10.8 Å². The second-order valence-electron chi connectivity index (χ2n) is 9.63. The molecule has 0 aliphatic carbocycles. The summed E-state index contributed by atoms with van der Waals surface area (Å²) in [6.45, 7) is 13.6. The van der Waals surface area contributed by atoms with E-state index in [1.54, 1.807) is 32.4 Å². The van der Waals surface area contributed by atoms with Gasteiger partial charge in [-0.25, -0.2) is 9.97 Å². The molecular weight excluding hydrogens is 442 g/mol. The summed E-state index contributed by atoms with van der Waals surface area (Å²) in [5.41, 5.74) is 0.287. The third-order valence-corrected chi connectivity index (χ3v) is 5.67. The van der Waals surface area contributed by atoms with Gasteiger partial charge in [-0.05, 0) is 56.2 Å². The first-order valence-electron chi connectivity index (χ1n) is 12.3. The smallest absolute Gasteiger partial charge is 0.270 e. The van der Waals surface area contributed by atoms with E-state index in [2.05, 4.69) is 63.2 Å². The Morgan fingerprint density at radius 1 is 1.11 bits per heavy atom. The second-order valence-corrected chi connectivity index (χ2v) is 9.63. The van der Waals surface area contributed by atoms with Crippen LogP contribution in [0.2, 0.25) is 0 Å². The van der Waals surface area contributed by atoms with E-state index in [0.717, 1.165) is 36.9 Å². The summed E-state index contributed by atoms with van der Waals surface area (Å²) >= 11 is 0. The van der Waals surface area contributed by atoms with Crippen molar-refractivity contribution in [3.63, 3.8) is 0 Å². The average molecular weight is 480 g/mol. The van der Waals surface area contributed by atoms with Crippen molar-refractivity contribution < 1.29 is 9.90 Å². The van der Waals surface area contributed by atoms with Gasteiger partial charge in [0.1, 0.15) is 17.3 Å². The zero-order valence-corrected chi connectivity index (χ0v) is 21.6. The maximum atomic E-state index is 12.8. The Morgan fingerprint density at radius 2 is 1.89 bits per heavy atom. The molecule has 0 radical (unpaired) electrons. The normalized spacial score (nSPS) is 11.7. The van der Waals surface area contributed by atoms with Gasteiger partial charge in [-0.1, -0.05) is 27.2 Å². The molecule has 35 heavy (non-hydrogen) atoms. The number of nitrogens with zero attached hydrogens (tertiary/aromatic N) is 5. The number of amides is 1. The molecule has 0 fully saturated rings. The quantitative estimate of drug-likeness (QED) is 0.370. The Labute approximate surface area is 207 Å². The number of aromatic nitrogens is 4. The second kappa shape index (κ2) is 11.4. The molecule has 3 rings (SSSR count). The van der Waals surface area contributed by atoms with Gasteiger partial charge in [0, 0.05) is 43.6 Å². The minimum Gasteiger partial charge on any atom is -0.389 e. The summed E-state index contributed by atoms with van der Waals surface area (Å²) in [6, 6.07) is 3.74. The third-order valence-electron chi connectivity index (χ3n) is 5.67. The van der Waals surface area contributed by atoms with Crippen molar-refractivity contribution in [3.8, 4) is 0 Å². The fourth-order valence-electron chi connectivity index (χ4n) is 3.70. The molecule has 0 saturated heterocycles. The molecule has 0 saturated carbocycles. The van der Waals surface area contributed by atoms with Gasteiger partial charge in [-0.15, -0.1) is 0 Å². The third kappa shape index (κ3) is 6.85. The number of rotatable bonds is 11. The lowest BCUT2D eigenvalue weighted by molar-refractivity contribution is 0.0693. The highest BCUT2D eigenvalue weighted by Crippen LogP contribution is 2.29. The summed E-state index contributed by atoms with van der Waals surface area (Å²) in [7, 11) is 0. The van der Waals surface area contributed by atoms with Crippen LogP contribution in [0, 0.1) is 0 Å². The van der Waals surface area contributed by atoms with Crippen molar-refractivity contribution >= 4 is 34.3 Å². The van der Waals surface area contributed by atoms with Crippen molar-refractivity contribution in [1.82, 2.24) is 25.3 Å². The first-order chi connectivity index (χ1) is 16.6. The van der Waals surface area contributed by atoms with Crippen molar-refractivity contribution in [1.29, 1.82) is 0 Å². The zero-order valence-electron chi connectivity index (χ0n) is 21.6. The van der Waals surface area contributed by atoms with Crippen LogP contribution in [-0.2, 0) is 0 Å². The van der Waals surface area contributed by atoms with E-state index in [1.165, 1.54) is 0 Å². The number of hydrogen-bond donors (Lipinski definition) is 3. The lowest BCUT2D eigenvalue weighted by Crippen LogP contribution is -2.38. The Hall–Kier alpha value is -3.33. The summed E-state index contributed by atoms with van der Waals surface area (Å²) < 4.78 is 0. The maximum absolute atomic E-state index is 12.8. The monoisotopic (exact) mass is 479 g/mol. The standard InChI is InChI=1S/C26H37N7O2/c1-7-9-12-33(8-2)25-27-11-10-21(32-25)31-22-13-18-19(17(3)4)14-29-23(20(18)15-28-22)24(34)30-16-26(5,6)35/h10-11,13-15,17,35H,7-9,12,16H2,1-6H3,(H,30,34)(H,27,28,31,32). The fourth-order valence-corrected chi connectivity index (χ4v) is 3.70. The number of aliphatic hydroxyl groups is 1. The number of fused-ring (bicyclic) bond motifs is 1. The van der Waals surface area contributed by atoms with Crippen LogP contribution in [0.15, 0.2) is 30.7 Å². The van der Waals surface area contributed by atoms with Crippen LogP contribution in [0.5, 0.6) is 0 Å². The molecule has 0 unspecified atom stereocenters. The van der Waals surface area contributed by atoms with E-state index in [0.29, 0.717) is 23.0 Å². The fraction of sp³-hybridized carbons (Fsp3) is 0.500. The molecule has 0 aromatic carbocycles. The highest BCUT2D eigenvalue weighted by atomic mass is 16.3. The molecule has 1 amide bonds. The van der Waals surface area contributed by atoms with Crippen molar-refractivity contribution in [2.75, 3.05) is 29.9 Å². The highest BCUT2D eigenvalue weighted by molar-refractivity contribution is 6.06. The van der Waals surface area contributed by atoms with Crippen LogP contribution >= 0.6 is 0 Å². The minimum atomic E-state index is -1.01. The van der Waals surface area contributed by atoms with E-state index < -0.39 is 5.60 Å². The lowest BCUT2D eigenvalue weighted by atomic mass is 9.98.